The summed E-state index contributed by atoms with van der Waals surface area (Å²) in [6, 6.07) is 3.49. The van der Waals surface area contributed by atoms with Gasteiger partial charge in [-0.05, 0) is 32.0 Å². The molecule has 0 fully saturated rings. The molecule has 1 atom stereocenters. The molecule has 1 aromatic heterocycles. The molecule has 5 heteroatoms. The fraction of sp³-hybridized carbons (Fsp3) is 0.308. The Morgan fingerprint density at radius 2 is 2.17 bits per heavy atom. The van der Waals surface area contributed by atoms with Gasteiger partial charge < -0.3 is 5.32 Å². The van der Waals surface area contributed by atoms with Crippen LogP contribution in [0.5, 0.6) is 0 Å². The van der Waals surface area contributed by atoms with Crippen LogP contribution in [-0.2, 0) is 6.54 Å². The van der Waals surface area contributed by atoms with E-state index in [1.54, 1.807) is 11.3 Å². The Morgan fingerprint density at radius 1 is 1.39 bits per heavy atom. The molecule has 0 aliphatic carbocycles. The number of hydrogen-bond acceptors (Lipinski definition) is 3. The first-order chi connectivity index (χ1) is 8.56. The lowest BCUT2D eigenvalue weighted by molar-refractivity contribution is 0.534. The van der Waals surface area contributed by atoms with Crippen molar-refractivity contribution in [3.63, 3.8) is 0 Å². The van der Waals surface area contributed by atoms with Gasteiger partial charge in [0.05, 0.1) is 6.04 Å². The van der Waals surface area contributed by atoms with Crippen molar-refractivity contribution in [2.45, 2.75) is 26.4 Å². The van der Waals surface area contributed by atoms with Crippen molar-refractivity contribution in [3.8, 4) is 0 Å². The summed E-state index contributed by atoms with van der Waals surface area (Å²) in [7, 11) is 0. The van der Waals surface area contributed by atoms with Crippen LogP contribution in [0.1, 0.15) is 29.2 Å². The third kappa shape index (κ3) is 3.11. The first kappa shape index (κ1) is 13.1. The van der Waals surface area contributed by atoms with E-state index < -0.39 is 11.6 Å². The molecular formula is C13H14F2N2S. The average molecular weight is 268 g/mol. The Labute approximate surface area is 109 Å². The summed E-state index contributed by atoms with van der Waals surface area (Å²) in [6.45, 7) is 4.16. The van der Waals surface area contributed by atoms with E-state index in [1.165, 1.54) is 6.07 Å². The summed E-state index contributed by atoms with van der Waals surface area (Å²) >= 11 is 1.56. The Bertz CT molecular complexity index is 540. The van der Waals surface area contributed by atoms with E-state index in [0.29, 0.717) is 5.56 Å². The molecule has 0 aliphatic heterocycles. The van der Waals surface area contributed by atoms with Crippen molar-refractivity contribution in [2.24, 2.45) is 0 Å². The highest BCUT2D eigenvalue weighted by atomic mass is 32.1. The standard InChI is InChI=1S/C13H14F2N2S/c1-8-7-18-13(17-8)9(2)16-6-10-5-11(14)3-4-12(10)15/h3-5,7,9,16H,6H2,1-2H3. The Morgan fingerprint density at radius 3 is 2.83 bits per heavy atom. The van der Waals surface area contributed by atoms with Crippen molar-refractivity contribution in [1.29, 1.82) is 0 Å². The van der Waals surface area contributed by atoms with E-state index in [0.717, 1.165) is 22.8 Å². The van der Waals surface area contributed by atoms with Crippen LogP contribution in [0.3, 0.4) is 0 Å². The minimum atomic E-state index is -0.425. The number of aromatic nitrogens is 1. The first-order valence-electron chi connectivity index (χ1n) is 5.65. The number of benzene rings is 1. The second-order valence-electron chi connectivity index (χ2n) is 4.17. The SMILES string of the molecule is Cc1csc(C(C)NCc2cc(F)ccc2F)n1. The van der Waals surface area contributed by atoms with Crippen LogP contribution in [0.25, 0.3) is 0 Å². The molecule has 2 rings (SSSR count). The lowest BCUT2D eigenvalue weighted by Gasteiger charge is -2.11. The predicted molar refractivity (Wildman–Crippen MR) is 68.5 cm³/mol. The summed E-state index contributed by atoms with van der Waals surface area (Å²) in [5.74, 6) is -0.822. The molecular weight excluding hydrogens is 254 g/mol. The lowest BCUT2D eigenvalue weighted by Crippen LogP contribution is -2.18. The summed E-state index contributed by atoms with van der Waals surface area (Å²) in [6.07, 6.45) is 0. The van der Waals surface area contributed by atoms with Gasteiger partial charge in [0.1, 0.15) is 16.6 Å². The molecule has 2 nitrogen and oxygen atoms in total. The molecule has 1 heterocycles. The third-order valence-electron chi connectivity index (χ3n) is 2.61. The van der Waals surface area contributed by atoms with Crippen molar-refractivity contribution in [1.82, 2.24) is 10.3 Å². The minimum Gasteiger partial charge on any atom is -0.304 e. The zero-order chi connectivity index (χ0) is 13.1. The van der Waals surface area contributed by atoms with E-state index in [1.807, 2.05) is 19.2 Å². The second-order valence-corrected chi connectivity index (χ2v) is 5.06. The lowest BCUT2D eigenvalue weighted by atomic mass is 10.2. The highest BCUT2D eigenvalue weighted by Crippen LogP contribution is 2.18. The van der Waals surface area contributed by atoms with Gasteiger partial charge in [-0.3, -0.25) is 0 Å². The van der Waals surface area contributed by atoms with Gasteiger partial charge in [-0.25, -0.2) is 13.8 Å². The fourth-order valence-corrected chi connectivity index (χ4v) is 2.43. The molecule has 0 saturated heterocycles. The predicted octanol–water partition coefficient (Wildman–Crippen LogP) is 3.58. The Balaban J connectivity index is 2.01. The number of thiazole rings is 1. The maximum absolute atomic E-state index is 13.4. The van der Waals surface area contributed by atoms with Crippen LogP contribution < -0.4 is 5.32 Å². The third-order valence-corrected chi connectivity index (χ3v) is 3.76. The first-order valence-corrected chi connectivity index (χ1v) is 6.53. The van der Waals surface area contributed by atoms with Gasteiger partial charge in [0, 0.05) is 23.2 Å². The monoisotopic (exact) mass is 268 g/mol. The van der Waals surface area contributed by atoms with Gasteiger partial charge in [0.2, 0.25) is 0 Å². The zero-order valence-corrected chi connectivity index (χ0v) is 11.0. The van der Waals surface area contributed by atoms with Crippen LogP contribution in [0.15, 0.2) is 23.6 Å². The van der Waals surface area contributed by atoms with Crippen molar-refractivity contribution < 1.29 is 8.78 Å². The summed E-state index contributed by atoms with van der Waals surface area (Å²) < 4.78 is 26.4. The van der Waals surface area contributed by atoms with Crippen LogP contribution >= 0.6 is 11.3 Å². The molecule has 96 valence electrons. The van der Waals surface area contributed by atoms with Crippen LogP contribution in [0, 0.1) is 18.6 Å². The number of aryl methyl sites for hydroxylation is 1. The van der Waals surface area contributed by atoms with Crippen LogP contribution in [0.4, 0.5) is 8.78 Å². The van der Waals surface area contributed by atoms with Crippen molar-refractivity contribution >= 4 is 11.3 Å². The number of halogens is 2. The number of nitrogens with zero attached hydrogens (tertiary/aromatic N) is 1. The molecule has 2 aromatic rings. The maximum atomic E-state index is 13.4. The molecule has 1 unspecified atom stereocenters. The van der Waals surface area contributed by atoms with E-state index in [4.69, 9.17) is 0 Å². The topological polar surface area (TPSA) is 24.9 Å². The van der Waals surface area contributed by atoms with Crippen LogP contribution in [0.2, 0.25) is 0 Å². The number of nitrogens with one attached hydrogen (secondary N) is 1. The quantitative estimate of drug-likeness (QED) is 0.916. The molecule has 18 heavy (non-hydrogen) atoms. The van der Waals surface area contributed by atoms with Crippen molar-refractivity contribution in [2.75, 3.05) is 0 Å². The van der Waals surface area contributed by atoms with Crippen molar-refractivity contribution in [3.05, 3.63) is 51.5 Å². The van der Waals surface area contributed by atoms with Gasteiger partial charge in [0.25, 0.3) is 0 Å². The van der Waals surface area contributed by atoms with Gasteiger partial charge in [-0.15, -0.1) is 11.3 Å². The molecule has 0 bridgehead atoms. The highest BCUT2D eigenvalue weighted by molar-refractivity contribution is 7.09. The average Bonchev–Trinajstić information content (AvgIpc) is 2.77. The van der Waals surface area contributed by atoms with Gasteiger partial charge >= 0.3 is 0 Å². The molecule has 1 aromatic carbocycles. The Hall–Kier alpha value is -1.33. The molecule has 0 aliphatic rings. The number of rotatable bonds is 4. The van der Waals surface area contributed by atoms with E-state index in [-0.39, 0.29) is 12.6 Å². The smallest absolute Gasteiger partial charge is 0.127 e. The highest BCUT2D eigenvalue weighted by Gasteiger charge is 2.10. The van der Waals surface area contributed by atoms with Gasteiger partial charge in [0.15, 0.2) is 0 Å². The molecule has 0 amide bonds. The summed E-state index contributed by atoms with van der Waals surface area (Å²) in [5.41, 5.74) is 1.30. The van der Waals surface area contributed by atoms with Crippen LogP contribution in [-0.4, -0.2) is 4.98 Å². The summed E-state index contributed by atoms with van der Waals surface area (Å²) in [5, 5.41) is 6.05. The maximum Gasteiger partial charge on any atom is 0.127 e. The molecule has 0 spiro atoms. The normalized spacial score (nSPS) is 12.7. The second kappa shape index (κ2) is 5.54. The Kier molecular flexibility index (Phi) is 4.04. The zero-order valence-electron chi connectivity index (χ0n) is 10.2. The van der Waals surface area contributed by atoms with E-state index in [2.05, 4.69) is 10.3 Å². The minimum absolute atomic E-state index is 0.0198. The fourth-order valence-electron chi connectivity index (χ4n) is 1.60. The number of hydrogen-bond donors (Lipinski definition) is 1. The molecule has 1 N–H and O–H groups in total. The van der Waals surface area contributed by atoms with E-state index >= 15 is 0 Å². The summed E-state index contributed by atoms with van der Waals surface area (Å²) in [4.78, 5) is 4.35. The van der Waals surface area contributed by atoms with Gasteiger partial charge in [-0.1, -0.05) is 0 Å². The van der Waals surface area contributed by atoms with Gasteiger partial charge in [-0.2, -0.15) is 0 Å². The molecule has 0 saturated carbocycles. The largest absolute Gasteiger partial charge is 0.304 e. The van der Waals surface area contributed by atoms with E-state index in [9.17, 15) is 8.78 Å². The molecule has 0 radical (unpaired) electrons.